The zero-order valence-electron chi connectivity index (χ0n) is 9.31. The highest BCUT2D eigenvalue weighted by Crippen LogP contribution is 2.38. The highest BCUT2D eigenvalue weighted by atomic mass is 19.1. The summed E-state index contributed by atoms with van der Waals surface area (Å²) < 4.78 is 15.5. The molecule has 0 aliphatic heterocycles. The number of benzene rings is 1. The van der Waals surface area contributed by atoms with Crippen LogP contribution in [0.2, 0.25) is 0 Å². The Hall–Kier alpha value is -1.68. The number of aromatic nitrogens is 2. The second-order valence-electron chi connectivity index (χ2n) is 4.66. The quantitative estimate of drug-likeness (QED) is 0.879. The molecule has 1 aromatic carbocycles. The van der Waals surface area contributed by atoms with Gasteiger partial charge in [-0.1, -0.05) is 6.07 Å². The maximum absolute atomic E-state index is 13.9. The third-order valence-electron chi connectivity index (χ3n) is 3.16. The number of halogens is 1. The number of aliphatic hydroxyl groups is 1. The third-order valence-corrected chi connectivity index (χ3v) is 3.16. The molecule has 3 nitrogen and oxygen atoms in total. The van der Waals surface area contributed by atoms with Crippen LogP contribution >= 0.6 is 0 Å². The lowest BCUT2D eigenvalue weighted by atomic mass is 10.1. The monoisotopic (exact) mass is 232 g/mol. The van der Waals surface area contributed by atoms with Crippen LogP contribution in [-0.2, 0) is 6.42 Å². The van der Waals surface area contributed by atoms with Gasteiger partial charge in [-0.05, 0) is 30.5 Å². The predicted octanol–water partition coefficient (Wildman–Crippen LogP) is 2.08. The molecule has 0 bridgehead atoms. The molecule has 17 heavy (non-hydrogen) atoms. The zero-order valence-corrected chi connectivity index (χ0v) is 9.31. The average molecular weight is 232 g/mol. The minimum absolute atomic E-state index is 0.287. The smallest absolute Gasteiger partial charge is 0.147 e. The van der Waals surface area contributed by atoms with E-state index in [1.54, 1.807) is 29.4 Å². The van der Waals surface area contributed by atoms with Gasteiger partial charge in [0.2, 0.25) is 0 Å². The van der Waals surface area contributed by atoms with Crippen molar-refractivity contribution in [2.24, 2.45) is 0 Å². The summed E-state index contributed by atoms with van der Waals surface area (Å²) in [6.45, 7) is 0. The fourth-order valence-electron chi connectivity index (χ4n) is 1.97. The molecule has 1 saturated carbocycles. The maximum atomic E-state index is 13.9. The van der Waals surface area contributed by atoms with E-state index in [1.165, 1.54) is 6.07 Å². The van der Waals surface area contributed by atoms with Gasteiger partial charge < -0.3 is 9.67 Å². The van der Waals surface area contributed by atoms with E-state index < -0.39 is 5.60 Å². The molecule has 2 aromatic rings. The van der Waals surface area contributed by atoms with Gasteiger partial charge in [0.15, 0.2) is 0 Å². The van der Waals surface area contributed by atoms with Crippen molar-refractivity contribution in [1.82, 2.24) is 9.55 Å². The van der Waals surface area contributed by atoms with Crippen molar-refractivity contribution in [3.05, 3.63) is 48.3 Å². The molecule has 0 radical (unpaired) electrons. The molecule has 1 aromatic heterocycles. The lowest BCUT2D eigenvalue weighted by molar-refractivity contribution is 0.151. The Labute approximate surface area is 98.5 Å². The van der Waals surface area contributed by atoms with E-state index in [2.05, 4.69) is 4.98 Å². The van der Waals surface area contributed by atoms with Crippen LogP contribution in [0.15, 0.2) is 36.9 Å². The second kappa shape index (κ2) is 3.67. The first kappa shape index (κ1) is 10.5. The van der Waals surface area contributed by atoms with E-state index in [0.717, 1.165) is 18.4 Å². The first-order valence-corrected chi connectivity index (χ1v) is 5.65. The van der Waals surface area contributed by atoms with Gasteiger partial charge in [0.1, 0.15) is 5.82 Å². The third kappa shape index (κ3) is 2.08. The lowest BCUT2D eigenvalue weighted by Gasteiger charge is -2.09. The summed E-state index contributed by atoms with van der Waals surface area (Å²) in [4.78, 5) is 3.89. The molecular weight excluding hydrogens is 219 g/mol. The van der Waals surface area contributed by atoms with Gasteiger partial charge in [-0.2, -0.15) is 0 Å². The molecule has 1 aliphatic rings. The van der Waals surface area contributed by atoms with Crippen molar-refractivity contribution in [3.63, 3.8) is 0 Å². The second-order valence-corrected chi connectivity index (χ2v) is 4.66. The SMILES string of the molecule is OC1(Cc2ccc(-n3ccnc3)c(F)c2)CC1. The highest BCUT2D eigenvalue weighted by Gasteiger charge is 2.40. The Morgan fingerprint density at radius 3 is 2.82 bits per heavy atom. The predicted molar refractivity (Wildman–Crippen MR) is 61.4 cm³/mol. The van der Waals surface area contributed by atoms with Crippen molar-refractivity contribution < 1.29 is 9.50 Å². The van der Waals surface area contributed by atoms with Crippen molar-refractivity contribution in [2.45, 2.75) is 24.9 Å². The van der Waals surface area contributed by atoms with Gasteiger partial charge in [0.25, 0.3) is 0 Å². The van der Waals surface area contributed by atoms with Gasteiger partial charge in [-0.25, -0.2) is 9.37 Å². The topological polar surface area (TPSA) is 38.0 Å². The Morgan fingerprint density at radius 2 is 2.24 bits per heavy atom. The minimum Gasteiger partial charge on any atom is -0.390 e. The molecule has 1 fully saturated rings. The van der Waals surface area contributed by atoms with Crippen LogP contribution in [0.25, 0.3) is 5.69 Å². The molecule has 0 atom stereocenters. The molecule has 1 aliphatic carbocycles. The lowest BCUT2D eigenvalue weighted by Crippen LogP contribution is -2.11. The Kier molecular flexibility index (Phi) is 2.26. The normalized spacial score (nSPS) is 17.1. The average Bonchev–Trinajstić information content (AvgIpc) is 2.81. The van der Waals surface area contributed by atoms with Crippen LogP contribution in [0.3, 0.4) is 0 Å². The fraction of sp³-hybridized carbons (Fsp3) is 0.308. The van der Waals surface area contributed by atoms with Crippen LogP contribution in [0, 0.1) is 5.82 Å². The Bertz CT molecular complexity index is 532. The van der Waals surface area contributed by atoms with E-state index in [9.17, 15) is 9.50 Å². The first-order valence-electron chi connectivity index (χ1n) is 5.65. The Morgan fingerprint density at radius 1 is 1.41 bits per heavy atom. The number of rotatable bonds is 3. The first-order chi connectivity index (χ1) is 8.16. The van der Waals surface area contributed by atoms with Crippen LogP contribution in [0.5, 0.6) is 0 Å². The molecule has 0 amide bonds. The summed E-state index contributed by atoms with van der Waals surface area (Å²) in [5.41, 5.74) is 0.739. The Balaban J connectivity index is 1.89. The summed E-state index contributed by atoms with van der Waals surface area (Å²) >= 11 is 0. The molecule has 1 N–H and O–H groups in total. The summed E-state index contributed by atoms with van der Waals surface area (Å²) in [6, 6.07) is 5.07. The number of hydrogen-bond acceptors (Lipinski definition) is 2. The molecule has 0 unspecified atom stereocenters. The van der Waals surface area contributed by atoms with Gasteiger partial charge >= 0.3 is 0 Å². The number of nitrogens with zero attached hydrogens (tertiary/aromatic N) is 2. The molecule has 1 heterocycles. The van der Waals surface area contributed by atoms with Crippen molar-refractivity contribution in [2.75, 3.05) is 0 Å². The molecular formula is C13H13FN2O. The largest absolute Gasteiger partial charge is 0.390 e. The molecule has 3 rings (SSSR count). The van der Waals surface area contributed by atoms with Crippen molar-refractivity contribution in [1.29, 1.82) is 0 Å². The molecule has 0 saturated heterocycles. The maximum Gasteiger partial charge on any atom is 0.147 e. The van der Waals surface area contributed by atoms with Crippen LogP contribution in [-0.4, -0.2) is 20.3 Å². The van der Waals surface area contributed by atoms with Crippen molar-refractivity contribution >= 4 is 0 Å². The standard InChI is InChI=1S/C13H13FN2O/c14-11-7-10(8-13(17)3-4-13)1-2-12(11)16-6-5-15-9-16/h1-2,5-7,9,17H,3-4,8H2. The summed E-state index contributed by atoms with van der Waals surface area (Å²) in [5.74, 6) is -0.287. The highest BCUT2D eigenvalue weighted by molar-refractivity contribution is 5.37. The van der Waals surface area contributed by atoms with E-state index in [0.29, 0.717) is 12.1 Å². The van der Waals surface area contributed by atoms with Gasteiger partial charge in [0.05, 0.1) is 17.6 Å². The van der Waals surface area contributed by atoms with Gasteiger partial charge in [-0.15, -0.1) is 0 Å². The van der Waals surface area contributed by atoms with Crippen molar-refractivity contribution in [3.8, 4) is 5.69 Å². The van der Waals surface area contributed by atoms with E-state index in [1.807, 2.05) is 6.07 Å². The van der Waals surface area contributed by atoms with Crippen LogP contribution in [0.1, 0.15) is 18.4 Å². The van der Waals surface area contributed by atoms with Gasteiger partial charge in [-0.3, -0.25) is 0 Å². The molecule has 4 heteroatoms. The van der Waals surface area contributed by atoms with Gasteiger partial charge in [0, 0.05) is 18.8 Å². The minimum atomic E-state index is -0.580. The zero-order chi connectivity index (χ0) is 11.9. The number of hydrogen-bond donors (Lipinski definition) is 1. The van der Waals surface area contributed by atoms with E-state index >= 15 is 0 Å². The number of imidazole rings is 1. The van der Waals surface area contributed by atoms with Crippen LogP contribution < -0.4 is 0 Å². The van der Waals surface area contributed by atoms with E-state index in [4.69, 9.17) is 0 Å². The summed E-state index contributed by atoms with van der Waals surface area (Å²) in [7, 11) is 0. The van der Waals surface area contributed by atoms with Crippen LogP contribution in [0.4, 0.5) is 4.39 Å². The molecule has 88 valence electrons. The summed E-state index contributed by atoms with van der Waals surface area (Å²) in [5, 5.41) is 9.79. The molecule has 0 spiro atoms. The fourth-order valence-corrected chi connectivity index (χ4v) is 1.97. The summed E-state index contributed by atoms with van der Waals surface area (Å²) in [6.07, 6.45) is 7.04. The van der Waals surface area contributed by atoms with E-state index in [-0.39, 0.29) is 5.82 Å².